The summed E-state index contributed by atoms with van der Waals surface area (Å²) >= 11 is 0. The second-order valence-corrected chi connectivity index (χ2v) is 10.3. The van der Waals surface area contributed by atoms with Crippen molar-refractivity contribution in [1.29, 1.82) is 0 Å². The zero-order valence-corrected chi connectivity index (χ0v) is 23.2. The summed E-state index contributed by atoms with van der Waals surface area (Å²) in [6.07, 6.45) is 0. The standard InChI is InChI=1S/C30H31N3O6S/c1-37-25-11-6-8-22(18-25)30(34)32-17-16-31-23-9-7-10-24(20-23)33-40(35,36)29-19-21(14-15-28(29)39-3)26-12-4-5-13-27(26)38-2/h4-15,18-20,31,33H,16-17H2,1-3H3,(H,32,34). The first-order valence-corrected chi connectivity index (χ1v) is 13.9. The van der Waals surface area contributed by atoms with Gasteiger partial charge in [0.1, 0.15) is 22.1 Å². The predicted molar refractivity (Wildman–Crippen MR) is 156 cm³/mol. The van der Waals surface area contributed by atoms with Crippen molar-refractivity contribution >= 4 is 27.3 Å². The summed E-state index contributed by atoms with van der Waals surface area (Å²) in [6.45, 7) is 0.791. The average molecular weight is 562 g/mol. The van der Waals surface area contributed by atoms with Crippen molar-refractivity contribution < 1.29 is 27.4 Å². The Morgan fingerprint density at radius 2 is 1.48 bits per heavy atom. The number of hydrogen-bond donors (Lipinski definition) is 3. The number of carbonyl (C=O) groups excluding carboxylic acids is 1. The molecule has 0 saturated heterocycles. The van der Waals surface area contributed by atoms with Crippen LogP contribution in [0.15, 0.2) is 95.9 Å². The molecular weight excluding hydrogens is 530 g/mol. The van der Waals surface area contributed by atoms with E-state index in [0.717, 1.165) is 5.56 Å². The quantitative estimate of drug-likeness (QED) is 0.208. The van der Waals surface area contributed by atoms with Crippen LogP contribution in [0.25, 0.3) is 11.1 Å². The lowest BCUT2D eigenvalue weighted by Gasteiger charge is -2.15. The molecule has 0 aliphatic rings. The number of carbonyl (C=O) groups is 1. The molecular formula is C30H31N3O6S. The molecule has 4 rings (SSSR count). The molecule has 208 valence electrons. The molecule has 1 amide bonds. The minimum absolute atomic E-state index is 0.00276. The molecule has 0 aliphatic heterocycles. The van der Waals surface area contributed by atoms with Gasteiger partial charge in [-0.15, -0.1) is 0 Å². The number of para-hydroxylation sites is 1. The van der Waals surface area contributed by atoms with Gasteiger partial charge in [0.05, 0.1) is 27.0 Å². The molecule has 0 atom stereocenters. The number of benzene rings is 4. The fraction of sp³-hybridized carbons (Fsp3) is 0.167. The van der Waals surface area contributed by atoms with Crippen LogP contribution in [0.4, 0.5) is 11.4 Å². The zero-order valence-electron chi connectivity index (χ0n) is 22.4. The number of anilines is 2. The highest BCUT2D eigenvalue weighted by Crippen LogP contribution is 2.35. The van der Waals surface area contributed by atoms with E-state index in [4.69, 9.17) is 14.2 Å². The molecule has 0 spiro atoms. The van der Waals surface area contributed by atoms with Crippen molar-refractivity contribution in [2.24, 2.45) is 0 Å². The molecule has 0 unspecified atom stereocenters. The minimum Gasteiger partial charge on any atom is -0.497 e. The summed E-state index contributed by atoms with van der Waals surface area (Å²) in [6, 6.07) is 26.1. The van der Waals surface area contributed by atoms with Crippen molar-refractivity contribution in [3.63, 3.8) is 0 Å². The molecule has 4 aromatic rings. The van der Waals surface area contributed by atoms with E-state index in [1.807, 2.05) is 30.3 Å². The molecule has 0 radical (unpaired) electrons. The van der Waals surface area contributed by atoms with Crippen molar-refractivity contribution in [2.75, 3.05) is 44.5 Å². The Labute approximate surface area is 234 Å². The first-order chi connectivity index (χ1) is 19.3. The van der Waals surface area contributed by atoms with Crippen LogP contribution in [0, 0.1) is 0 Å². The van der Waals surface area contributed by atoms with Crippen LogP contribution in [0.3, 0.4) is 0 Å². The summed E-state index contributed by atoms with van der Waals surface area (Å²) in [5, 5.41) is 6.04. The van der Waals surface area contributed by atoms with Crippen LogP contribution in [-0.2, 0) is 10.0 Å². The average Bonchev–Trinajstić information content (AvgIpc) is 2.98. The maximum Gasteiger partial charge on any atom is 0.265 e. The van der Waals surface area contributed by atoms with Gasteiger partial charge in [0.15, 0.2) is 0 Å². The summed E-state index contributed by atoms with van der Waals surface area (Å²) in [4.78, 5) is 12.4. The van der Waals surface area contributed by atoms with Crippen LogP contribution in [0.2, 0.25) is 0 Å². The Kier molecular flexibility index (Phi) is 9.13. The summed E-state index contributed by atoms with van der Waals surface area (Å²) in [7, 11) is 0.532. The number of nitrogens with one attached hydrogen (secondary N) is 3. The maximum atomic E-state index is 13.4. The van der Waals surface area contributed by atoms with Gasteiger partial charge < -0.3 is 24.8 Å². The Balaban J connectivity index is 1.44. The Morgan fingerprint density at radius 3 is 2.25 bits per heavy atom. The Bertz CT molecular complexity index is 1590. The molecule has 0 fully saturated rings. The number of ether oxygens (including phenoxy) is 3. The first kappa shape index (κ1) is 28.3. The molecule has 0 heterocycles. The Hall–Kier alpha value is -4.70. The zero-order chi connectivity index (χ0) is 28.5. The highest BCUT2D eigenvalue weighted by Gasteiger charge is 2.21. The Morgan fingerprint density at radius 1 is 0.725 bits per heavy atom. The smallest absolute Gasteiger partial charge is 0.265 e. The van der Waals surface area contributed by atoms with Crippen molar-refractivity contribution in [2.45, 2.75) is 4.90 Å². The van der Waals surface area contributed by atoms with Crippen LogP contribution < -0.4 is 29.6 Å². The molecule has 0 bridgehead atoms. The van der Waals surface area contributed by atoms with E-state index in [-0.39, 0.29) is 16.6 Å². The normalized spacial score (nSPS) is 10.9. The molecule has 9 nitrogen and oxygen atoms in total. The van der Waals surface area contributed by atoms with E-state index in [0.29, 0.717) is 47.1 Å². The summed E-state index contributed by atoms with van der Waals surface area (Å²) < 4.78 is 45.5. The van der Waals surface area contributed by atoms with Crippen LogP contribution in [0.5, 0.6) is 17.2 Å². The van der Waals surface area contributed by atoms with Gasteiger partial charge in [0.2, 0.25) is 0 Å². The number of methoxy groups -OCH3 is 3. The topological polar surface area (TPSA) is 115 Å². The van der Waals surface area contributed by atoms with E-state index in [2.05, 4.69) is 15.4 Å². The van der Waals surface area contributed by atoms with Gasteiger partial charge in [-0.25, -0.2) is 8.42 Å². The lowest BCUT2D eigenvalue weighted by Crippen LogP contribution is -2.28. The number of rotatable bonds is 12. The molecule has 0 aromatic heterocycles. The van der Waals surface area contributed by atoms with Gasteiger partial charge in [0, 0.05) is 29.9 Å². The van der Waals surface area contributed by atoms with E-state index < -0.39 is 10.0 Å². The number of hydrogen-bond acceptors (Lipinski definition) is 7. The molecule has 10 heteroatoms. The van der Waals surface area contributed by atoms with Gasteiger partial charge >= 0.3 is 0 Å². The van der Waals surface area contributed by atoms with Gasteiger partial charge in [0.25, 0.3) is 15.9 Å². The monoisotopic (exact) mass is 561 g/mol. The van der Waals surface area contributed by atoms with Gasteiger partial charge in [-0.2, -0.15) is 0 Å². The summed E-state index contributed by atoms with van der Waals surface area (Å²) in [5.74, 6) is 1.23. The van der Waals surface area contributed by atoms with E-state index in [1.54, 1.807) is 74.9 Å². The second kappa shape index (κ2) is 12.9. The largest absolute Gasteiger partial charge is 0.497 e. The highest BCUT2D eigenvalue weighted by molar-refractivity contribution is 7.92. The first-order valence-electron chi connectivity index (χ1n) is 12.4. The van der Waals surface area contributed by atoms with E-state index >= 15 is 0 Å². The van der Waals surface area contributed by atoms with Crippen LogP contribution in [-0.4, -0.2) is 48.7 Å². The van der Waals surface area contributed by atoms with Crippen LogP contribution >= 0.6 is 0 Å². The lowest BCUT2D eigenvalue weighted by molar-refractivity contribution is 0.0955. The van der Waals surface area contributed by atoms with Crippen molar-refractivity contribution in [3.05, 3.63) is 96.6 Å². The third-order valence-corrected chi connectivity index (χ3v) is 7.46. The van der Waals surface area contributed by atoms with Crippen molar-refractivity contribution in [3.8, 4) is 28.4 Å². The summed E-state index contributed by atoms with van der Waals surface area (Å²) in [5.41, 5.74) is 2.99. The minimum atomic E-state index is -4.01. The fourth-order valence-corrected chi connectivity index (χ4v) is 5.33. The SMILES string of the molecule is COc1cccc(C(=O)NCCNc2cccc(NS(=O)(=O)c3cc(-c4ccccc4OC)ccc3OC)c2)c1. The molecule has 3 N–H and O–H groups in total. The van der Waals surface area contributed by atoms with E-state index in [9.17, 15) is 13.2 Å². The van der Waals surface area contributed by atoms with Gasteiger partial charge in [-0.05, 0) is 60.2 Å². The fourth-order valence-electron chi connectivity index (χ4n) is 4.09. The third kappa shape index (κ3) is 6.83. The number of sulfonamides is 1. The predicted octanol–water partition coefficient (Wildman–Crippen LogP) is 5.02. The third-order valence-electron chi connectivity index (χ3n) is 6.06. The van der Waals surface area contributed by atoms with E-state index in [1.165, 1.54) is 7.11 Å². The molecule has 0 aliphatic carbocycles. The highest BCUT2D eigenvalue weighted by atomic mass is 32.2. The molecule has 0 saturated carbocycles. The maximum absolute atomic E-state index is 13.4. The van der Waals surface area contributed by atoms with Crippen LogP contribution in [0.1, 0.15) is 10.4 Å². The van der Waals surface area contributed by atoms with Crippen molar-refractivity contribution in [1.82, 2.24) is 5.32 Å². The van der Waals surface area contributed by atoms with Gasteiger partial charge in [-0.3, -0.25) is 9.52 Å². The van der Waals surface area contributed by atoms with Gasteiger partial charge in [-0.1, -0.05) is 36.4 Å². The molecule has 40 heavy (non-hydrogen) atoms. The number of amides is 1. The second-order valence-electron chi connectivity index (χ2n) is 8.67. The lowest BCUT2D eigenvalue weighted by atomic mass is 10.0. The molecule has 4 aromatic carbocycles.